The van der Waals surface area contributed by atoms with Crippen LogP contribution in [0.25, 0.3) is 0 Å². The highest BCUT2D eigenvalue weighted by Gasteiger charge is 2.22. The van der Waals surface area contributed by atoms with E-state index in [-0.39, 0.29) is 24.0 Å². The minimum absolute atomic E-state index is 0. The first kappa shape index (κ1) is 25.6. The molecule has 1 fully saturated rings. The van der Waals surface area contributed by atoms with Crippen LogP contribution in [0.15, 0.2) is 59.6 Å². The van der Waals surface area contributed by atoms with Gasteiger partial charge in [-0.2, -0.15) is 0 Å². The van der Waals surface area contributed by atoms with Crippen molar-refractivity contribution in [3.8, 4) is 0 Å². The second kappa shape index (κ2) is 13.0. The number of ether oxygens (including phenoxy) is 1. The number of nitrogens with zero attached hydrogens (tertiary/aromatic N) is 2. The fraction of sp³-hybridized carbons (Fsp3) is 0.458. The molecule has 0 bridgehead atoms. The summed E-state index contributed by atoms with van der Waals surface area (Å²) in [6, 6.07) is 18.3. The molecular weight excluding hydrogens is 503 g/mol. The summed E-state index contributed by atoms with van der Waals surface area (Å²) in [5.74, 6) is 0.700. The number of hydrogen-bond acceptors (Lipinski definition) is 4. The zero-order valence-corrected chi connectivity index (χ0v) is 20.8. The fourth-order valence-corrected chi connectivity index (χ4v) is 3.43. The highest BCUT2D eigenvalue weighted by molar-refractivity contribution is 14.0. The van der Waals surface area contributed by atoms with Crippen LogP contribution in [0.4, 0.5) is 0 Å². The molecule has 1 unspecified atom stereocenters. The van der Waals surface area contributed by atoms with Crippen LogP contribution in [-0.4, -0.2) is 55.4 Å². The van der Waals surface area contributed by atoms with Gasteiger partial charge in [0.1, 0.15) is 5.60 Å². The molecule has 7 heteroatoms. The predicted molar refractivity (Wildman–Crippen MR) is 137 cm³/mol. The maximum atomic E-state index is 10.8. The molecule has 1 saturated heterocycles. The smallest absolute Gasteiger partial charge is 0.191 e. The summed E-state index contributed by atoms with van der Waals surface area (Å²) in [4.78, 5) is 7.10. The molecule has 0 aromatic heterocycles. The predicted octanol–water partition coefficient (Wildman–Crippen LogP) is 3.10. The number of aliphatic imine (C=N–C) groups is 1. The normalized spacial score (nSPS) is 16.8. The summed E-state index contributed by atoms with van der Waals surface area (Å²) in [7, 11) is 0. The molecule has 0 radical (unpaired) electrons. The summed E-state index contributed by atoms with van der Waals surface area (Å²) in [6.45, 7) is 10.2. The number of hydrogen-bond donors (Lipinski definition) is 3. The first-order valence-corrected chi connectivity index (χ1v) is 10.7. The third kappa shape index (κ3) is 8.40. The van der Waals surface area contributed by atoms with Crippen LogP contribution < -0.4 is 10.6 Å². The summed E-state index contributed by atoms with van der Waals surface area (Å²) in [5, 5.41) is 17.3. The summed E-state index contributed by atoms with van der Waals surface area (Å²) in [5.41, 5.74) is 2.38. The zero-order chi connectivity index (χ0) is 21.2. The third-order valence-corrected chi connectivity index (χ3v) is 5.29. The molecule has 2 aromatic rings. The first-order chi connectivity index (χ1) is 14.6. The van der Waals surface area contributed by atoms with E-state index in [0.717, 1.165) is 50.5 Å². The summed E-state index contributed by atoms with van der Waals surface area (Å²) in [6.07, 6.45) is 0. The average Bonchev–Trinajstić information content (AvgIpc) is 2.78. The number of rotatable bonds is 8. The minimum atomic E-state index is -0.974. The molecule has 0 saturated carbocycles. The molecule has 1 aliphatic heterocycles. The molecule has 0 spiro atoms. The van der Waals surface area contributed by atoms with E-state index in [9.17, 15) is 5.11 Å². The maximum Gasteiger partial charge on any atom is 0.191 e. The number of morpholine rings is 1. The lowest BCUT2D eigenvalue weighted by molar-refractivity contribution is 0.0342. The van der Waals surface area contributed by atoms with E-state index in [2.05, 4.69) is 44.8 Å². The Morgan fingerprint density at radius 2 is 1.68 bits per heavy atom. The van der Waals surface area contributed by atoms with Crippen molar-refractivity contribution in [3.05, 3.63) is 71.3 Å². The highest BCUT2D eigenvalue weighted by Crippen LogP contribution is 2.18. The number of halogens is 1. The van der Waals surface area contributed by atoms with Gasteiger partial charge < -0.3 is 20.5 Å². The Morgan fingerprint density at radius 1 is 1.03 bits per heavy atom. The maximum absolute atomic E-state index is 10.8. The van der Waals surface area contributed by atoms with E-state index in [4.69, 9.17) is 4.74 Å². The van der Waals surface area contributed by atoms with Gasteiger partial charge in [0, 0.05) is 26.2 Å². The van der Waals surface area contributed by atoms with E-state index in [1.807, 2.05) is 44.2 Å². The molecule has 1 aliphatic rings. The molecule has 0 aliphatic carbocycles. The van der Waals surface area contributed by atoms with Gasteiger partial charge in [0.25, 0.3) is 0 Å². The van der Waals surface area contributed by atoms with Gasteiger partial charge in [0.05, 0.1) is 26.3 Å². The van der Waals surface area contributed by atoms with E-state index >= 15 is 0 Å². The van der Waals surface area contributed by atoms with Crippen LogP contribution in [0.2, 0.25) is 0 Å². The number of nitrogens with one attached hydrogen (secondary N) is 2. The molecule has 3 rings (SSSR count). The van der Waals surface area contributed by atoms with E-state index in [1.54, 1.807) is 0 Å². The van der Waals surface area contributed by atoms with E-state index < -0.39 is 5.60 Å². The minimum Gasteiger partial charge on any atom is -0.384 e. The van der Waals surface area contributed by atoms with Gasteiger partial charge in [0.15, 0.2) is 5.96 Å². The Hall–Kier alpha value is -1.68. The van der Waals surface area contributed by atoms with Crippen molar-refractivity contribution in [1.82, 2.24) is 15.5 Å². The van der Waals surface area contributed by atoms with Gasteiger partial charge >= 0.3 is 0 Å². The molecule has 6 nitrogen and oxygen atoms in total. The Morgan fingerprint density at radius 3 is 2.32 bits per heavy atom. The van der Waals surface area contributed by atoms with Crippen LogP contribution >= 0.6 is 24.0 Å². The number of guanidine groups is 1. The van der Waals surface area contributed by atoms with Gasteiger partial charge in [-0.15, -0.1) is 24.0 Å². The van der Waals surface area contributed by atoms with Gasteiger partial charge in [-0.3, -0.25) is 4.90 Å². The lowest BCUT2D eigenvalue weighted by Gasteiger charge is -2.26. The Balaban J connectivity index is 0.00000341. The van der Waals surface area contributed by atoms with Crippen molar-refractivity contribution >= 4 is 29.9 Å². The SMILES string of the molecule is CCNC(=NCc1ccc(CN2CCOCC2)cc1)NCC(C)(O)c1ccccc1.I. The molecule has 1 heterocycles. The Labute approximate surface area is 203 Å². The van der Waals surface area contributed by atoms with Crippen molar-refractivity contribution in [2.75, 3.05) is 39.4 Å². The lowest BCUT2D eigenvalue weighted by Crippen LogP contribution is -2.44. The first-order valence-electron chi connectivity index (χ1n) is 10.7. The molecule has 0 amide bonds. The molecule has 170 valence electrons. The summed E-state index contributed by atoms with van der Waals surface area (Å²) >= 11 is 0. The standard InChI is InChI=1S/C24H34N4O2.HI/c1-3-25-23(27-19-24(2,29)22-7-5-4-6-8-22)26-17-20-9-11-21(12-10-20)18-28-13-15-30-16-14-28;/h4-12,29H,3,13-19H2,1-2H3,(H2,25,26,27);1H. The molecular formula is C24H35IN4O2. The monoisotopic (exact) mass is 538 g/mol. The average molecular weight is 538 g/mol. The van der Waals surface area contributed by atoms with Crippen molar-refractivity contribution in [2.45, 2.75) is 32.5 Å². The summed E-state index contributed by atoms with van der Waals surface area (Å²) < 4.78 is 5.41. The Bertz CT molecular complexity index is 791. The van der Waals surface area contributed by atoms with Crippen LogP contribution in [0, 0.1) is 0 Å². The molecule has 2 aromatic carbocycles. The Kier molecular flexibility index (Phi) is 10.7. The highest BCUT2D eigenvalue weighted by atomic mass is 127. The van der Waals surface area contributed by atoms with Crippen molar-refractivity contribution < 1.29 is 9.84 Å². The van der Waals surface area contributed by atoms with Crippen LogP contribution in [-0.2, 0) is 23.4 Å². The molecule has 3 N–H and O–H groups in total. The topological polar surface area (TPSA) is 69.1 Å². The quantitative estimate of drug-likeness (QED) is 0.274. The van der Waals surface area contributed by atoms with Gasteiger partial charge in [-0.25, -0.2) is 4.99 Å². The van der Waals surface area contributed by atoms with Crippen LogP contribution in [0.1, 0.15) is 30.5 Å². The van der Waals surface area contributed by atoms with E-state index in [1.165, 1.54) is 5.56 Å². The molecule has 1 atom stereocenters. The molecule has 31 heavy (non-hydrogen) atoms. The fourth-order valence-electron chi connectivity index (χ4n) is 3.43. The van der Waals surface area contributed by atoms with Crippen LogP contribution in [0.3, 0.4) is 0 Å². The lowest BCUT2D eigenvalue weighted by atomic mass is 9.96. The number of benzene rings is 2. The van der Waals surface area contributed by atoms with Crippen molar-refractivity contribution in [2.24, 2.45) is 4.99 Å². The van der Waals surface area contributed by atoms with Crippen molar-refractivity contribution in [3.63, 3.8) is 0 Å². The van der Waals surface area contributed by atoms with Gasteiger partial charge in [-0.05, 0) is 30.5 Å². The second-order valence-corrected chi connectivity index (χ2v) is 7.89. The zero-order valence-electron chi connectivity index (χ0n) is 18.5. The van der Waals surface area contributed by atoms with Gasteiger partial charge in [0.2, 0.25) is 0 Å². The van der Waals surface area contributed by atoms with Crippen molar-refractivity contribution in [1.29, 1.82) is 0 Å². The van der Waals surface area contributed by atoms with Gasteiger partial charge in [-0.1, -0.05) is 54.6 Å². The number of aliphatic hydroxyl groups is 1. The second-order valence-electron chi connectivity index (χ2n) is 7.89. The largest absolute Gasteiger partial charge is 0.384 e. The van der Waals surface area contributed by atoms with Crippen LogP contribution in [0.5, 0.6) is 0 Å². The van der Waals surface area contributed by atoms with E-state index in [0.29, 0.717) is 19.0 Å². The third-order valence-electron chi connectivity index (χ3n) is 5.29.